The van der Waals surface area contributed by atoms with Crippen LogP contribution in [0, 0.1) is 0 Å². The Bertz CT molecular complexity index is 221. The van der Waals surface area contributed by atoms with Crippen LogP contribution in [0.4, 0.5) is 0 Å². The van der Waals surface area contributed by atoms with Gasteiger partial charge in [-0.3, -0.25) is 4.99 Å². The fourth-order valence-corrected chi connectivity index (χ4v) is 2.20. The molecule has 0 bridgehead atoms. The van der Waals surface area contributed by atoms with Crippen molar-refractivity contribution >= 4 is 6.21 Å². The molecule has 0 spiro atoms. The lowest BCUT2D eigenvalue weighted by Crippen LogP contribution is -2.33. The van der Waals surface area contributed by atoms with E-state index < -0.39 is 0 Å². The van der Waals surface area contributed by atoms with Crippen LogP contribution in [0.25, 0.3) is 0 Å². The Morgan fingerprint density at radius 2 is 1.88 bits per heavy atom. The van der Waals surface area contributed by atoms with E-state index in [2.05, 4.69) is 29.9 Å². The summed E-state index contributed by atoms with van der Waals surface area (Å²) < 4.78 is 0. The van der Waals surface area contributed by atoms with Gasteiger partial charge >= 0.3 is 0 Å². The fraction of sp³-hybridized carbons (Fsp3) is 0.786. The first-order chi connectivity index (χ1) is 7.88. The maximum atomic E-state index is 4.14. The van der Waals surface area contributed by atoms with E-state index in [1.54, 1.807) is 0 Å². The number of rotatable bonds is 8. The van der Waals surface area contributed by atoms with Crippen molar-refractivity contribution in [2.24, 2.45) is 4.99 Å². The normalized spacial score (nSPS) is 16.8. The van der Waals surface area contributed by atoms with Gasteiger partial charge in [-0.25, -0.2) is 0 Å². The van der Waals surface area contributed by atoms with E-state index in [4.69, 9.17) is 0 Å². The van der Waals surface area contributed by atoms with Crippen LogP contribution in [-0.2, 0) is 0 Å². The highest BCUT2D eigenvalue weighted by Crippen LogP contribution is 2.17. The molecule has 2 heteroatoms. The molecule has 1 aliphatic heterocycles. The molecule has 0 aromatic rings. The van der Waals surface area contributed by atoms with Gasteiger partial charge in [-0.2, -0.15) is 0 Å². The summed E-state index contributed by atoms with van der Waals surface area (Å²) in [4.78, 5) is 6.60. The van der Waals surface area contributed by atoms with Crippen LogP contribution in [-0.4, -0.2) is 23.7 Å². The summed E-state index contributed by atoms with van der Waals surface area (Å²) in [6.45, 7) is 5.54. The molecular weight excluding hydrogens is 196 g/mol. The second-order valence-corrected chi connectivity index (χ2v) is 4.62. The van der Waals surface area contributed by atoms with Gasteiger partial charge in [0.15, 0.2) is 0 Å². The first-order valence-corrected chi connectivity index (χ1v) is 6.82. The van der Waals surface area contributed by atoms with Gasteiger partial charge in [0, 0.05) is 24.7 Å². The molecule has 0 aliphatic carbocycles. The second-order valence-electron chi connectivity index (χ2n) is 4.62. The largest absolute Gasteiger partial charge is 0.368 e. The van der Waals surface area contributed by atoms with Crippen LogP contribution < -0.4 is 0 Å². The van der Waals surface area contributed by atoms with E-state index in [0.29, 0.717) is 0 Å². The van der Waals surface area contributed by atoms with Crippen molar-refractivity contribution in [1.82, 2.24) is 4.90 Å². The molecule has 16 heavy (non-hydrogen) atoms. The molecule has 0 saturated heterocycles. The molecule has 0 aromatic heterocycles. The third-order valence-corrected chi connectivity index (χ3v) is 3.24. The summed E-state index contributed by atoms with van der Waals surface area (Å²) in [5.41, 5.74) is 0. The molecule has 1 rings (SSSR count). The van der Waals surface area contributed by atoms with Gasteiger partial charge in [0.1, 0.15) is 0 Å². The second kappa shape index (κ2) is 8.37. The highest BCUT2D eigenvalue weighted by Gasteiger charge is 2.14. The van der Waals surface area contributed by atoms with Crippen LogP contribution in [0.15, 0.2) is 17.4 Å². The van der Waals surface area contributed by atoms with E-state index in [0.717, 1.165) is 12.6 Å². The van der Waals surface area contributed by atoms with E-state index >= 15 is 0 Å². The predicted molar refractivity (Wildman–Crippen MR) is 71.8 cm³/mol. The van der Waals surface area contributed by atoms with Crippen LogP contribution in [0.1, 0.15) is 58.8 Å². The molecule has 0 saturated carbocycles. The number of nitrogens with zero attached hydrogens (tertiary/aromatic N) is 2. The Morgan fingerprint density at radius 1 is 1.12 bits per heavy atom. The quantitative estimate of drug-likeness (QED) is 0.567. The summed E-state index contributed by atoms with van der Waals surface area (Å²) in [6, 6.07) is 0.731. The van der Waals surface area contributed by atoms with E-state index in [9.17, 15) is 0 Å². The zero-order chi connectivity index (χ0) is 11.6. The van der Waals surface area contributed by atoms with E-state index in [-0.39, 0.29) is 0 Å². The monoisotopic (exact) mass is 222 g/mol. The molecular formula is C14H26N2. The number of aliphatic imine (C=N–C) groups is 1. The molecule has 0 amide bonds. The maximum Gasteiger partial charge on any atom is 0.0530 e. The van der Waals surface area contributed by atoms with Gasteiger partial charge < -0.3 is 4.90 Å². The smallest absolute Gasteiger partial charge is 0.0530 e. The fourth-order valence-electron chi connectivity index (χ4n) is 2.20. The Kier molecular flexibility index (Phi) is 6.95. The maximum absolute atomic E-state index is 4.14. The first-order valence-electron chi connectivity index (χ1n) is 6.82. The molecule has 92 valence electrons. The van der Waals surface area contributed by atoms with Crippen molar-refractivity contribution in [2.45, 2.75) is 64.8 Å². The zero-order valence-electron chi connectivity index (χ0n) is 10.9. The molecule has 0 aromatic carbocycles. The summed E-state index contributed by atoms with van der Waals surface area (Å²) >= 11 is 0. The standard InChI is InChI=1S/C14H26N2/c1-3-5-7-9-14(8-6-4-2)16-12-10-15-11-13-16/h10-12,14H,3-9,13H2,1-2H3. The topological polar surface area (TPSA) is 15.6 Å². The average Bonchev–Trinajstić information content (AvgIpc) is 2.35. The number of hydrogen-bond acceptors (Lipinski definition) is 2. The van der Waals surface area contributed by atoms with Crippen molar-refractivity contribution < 1.29 is 0 Å². The van der Waals surface area contributed by atoms with Crippen molar-refractivity contribution in [3.05, 3.63) is 12.4 Å². The lowest BCUT2D eigenvalue weighted by Gasteiger charge is -2.30. The van der Waals surface area contributed by atoms with Crippen LogP contribution in [0.2, 0.25) is 0 Å². The average molecular weight is 222 g/mol. The van der Waals surface area contributed by atoms with Crippen LogP contribution >= 0.6 is 0 Å². The molecule has 1 heterocycles. The van der Waals surface area contributed by atoms with Crippen molar-refractivity contribution in [2.75, 3.05) is 6.54 Å². The molecule has 0 radical (unpaired) electrons. The Hall–Kier alpha value is -0.790. The first kappa shape index (κ1) is 13.3. The zero-order valence-corrected chi connectivity index (χ0v) is 10.9. The number of hydrogen-bond donors (Lipinski definition) is 0. The minimum absolute atomic E-state index is 0.731. The highest BCUT2D eigenvalue weighted by molar-refractivity contribution is 5.61. The van der Waals surface area contributed by atoms with Crippen LogP contribution in [0.3, 0.4) is 0 Å². The number of unbranched alkanes of at least 4 members (excludes halogenated alkanes) is 3. The summed E-state index contributed by atoms with van der Waals surface area (Å²) in [5.74, 6) is 0. The van der Waals surface area contributed by atoms with E-state index in [1.165, 1.54) is 44.9 Å². The van der Waals surface area contributed by atoms with Gasteiger partial charge in [0.05, 0.1) is 6.54 Å². The van der Waals surface area contributed by atoms with Crippen LogP contribution in [0.5, 0.6) is 0 Å². The van der Waals surface area contributed by atoms with Crippen molar-refractivity contribution in [3.63, 3.8) is 0 Å². The van der Waals surface area contributed by atoms with Crippen molar-refractivity contribution in [1.29, 1.82) is 0 Å². The molecule has 2 nitrogen and oxygen atoms in total. The molecule has 1 aliphatic rings. The summed E-state index contributed by atoms with van der Waals surface area (Å²) in [5, 5.41) is 0. The minimum atomic E-state index is 0.731. The lowest BCUT2D eigenvalue weighted by molar-refractivity contribution is 0.265. The van der Waals surface area contributed by atoms with Gasteiger partial charge in [0.25, 0.3) is 0 Å². The van der Waals surface area contributed by atoms with Crippen molar-refractivity contribution in [3.8, 4) is 0 Å². The van der Waals surface area contributed by atoms with E-state index in [1.807, 2.05) is 12.4 Å². The molecule has 1 atom stereocenters. The Labute approximate surface area is 100 Å². The highest BCUT2D eigenvalue weighted by atomic mass is 15.2. The van der Waals surface area contributed by atoms with Gasteiger partial charge in [-0.05, 0) is 12.8 Å². The van der Waals surface area contributed by atoms with Gasteiger partial charge in [0.2, 0.25) is 0 Å². The third-order valence-electron chi connectivity index (χ3n) is 3.24. The molecule has 1 unspecified atom stereocenters. The van der Waals surface area contributed by atoms with Gasteiger partial charge in [-0.15, -0.1) is 0 Å². The Morgan fingerprint density at radius 3 is 2.50 bits per heavy atom. The minimum Gasteiger partial charge on any atom is -0.368 e. The summed E-state index contributed by atoms with van der Waals surface area (Å²) in [6.07, 6.45) is 15.5. The Balaban J connectivity index is 2.35. The third kappa shape index (κ3) is 4.82. The lowest BCUT2D eigenvalue weighted by atomic mass is 10.0. The molecule has 0 N–H and O–H groups in total. The molecule has 0 fully saturated rings. The van der Waals surface area contributed by atoms with Gasteiger partial charge in [-0.1, -0.05) is 46.0 Å². The predicted octanol–water partition coefficient (Wildman–Crippen LogP) is 3.98. The SMILES string of the molecule is CCCCCC(CCCC)N1C=CN=CC1. The summed E-state index contributed by atoms with van der Waals surface area (Å²) in [7, 11) is 0.